The molecule has 0 aromatic rings. The molecule has 0 aliphatic heterocycles. The zero-order valence-electron chi connectivity index (χ0n) is 6.49. The summed E-state index contributed by atoms with van der Waals surface area (Å²) < 4.78 is 4.85. The first kappa shape index (κ1) is 9.91. The molecule has 62 valence electrons. The average molecular weight is 156 g/mol. The Balaban J connectivity index is 3.84. The Morgan fingerprint density at radius 3 is 2.82 bits per heavy atom. The molecule has 1 N–H and O–H groups in total. The van der Waals surface area contributed by atoms with Crippen LogP contribution in [0.25, 0.3) is 0 Å². The second-order valence-electron chi connectivity index (χ2n) is 1.99. The van der Waals surface area contributed by atoms with Gasteiger partial charge in [0.2, 0.25) is 0 Å². The fraction of sp³-hybridized carbons (Fsp3) is 0.375. The highest BCUT2D eigenvalue weighted by molar-refractivity contribution is 5.67. The molecule has 11 heavy (non-hydrogen) atoms. The van der Waals surface area contributed by atoms with Gasteiger partial charge in [0.05, 0.1) is 12.5 Å². The smallest absolute Gasteiger partial charge is 0.306 e. The van der Waals surface area contributed by atoms with E-state index in [2.05, 4.69) is 6.58 Å². The van der Waals surface area contributed by atoms with Crippen molar-refractivity contribution in [3.05, 3.63) is 24.8 Å². The number of rotatable bonds is 5. The SMILES string of the molecule is C=C/C=C/[C@@H](CC(=O)O)OC. The molecule has 0 aliphatic carbocycles. The number of allylic oxidation sites excluding steroid dienone is 2. The quantitative estimate of drug-likeness (QED) is 0.609. The van der Waals surface area contributed by atoms with Crippen LogP contribution in [0, 0.1) is 0 Å². The molecule has 0 heterocycles. The van der Waals surface area contributed by atoms with Gasteiger partial charge in [0.15, 0.2) is 0 Å². The van der Waals surface area contributed by atoms with Crippen LogP contribution in [0.5, 0.6) is 0 Å². The van der Waals surface area contributed by atoms with E-state index in [1.165, 1.54) is 7.11 Å². The summed E-state index contributed by atoms with van der Waals surface area (Å²) in [4.78, 5) is 10.2. The average Bonchev–Trinajstić information content (AvgIpc) is 1.97. The summed E-state index contributed by atoms with van der Waals surface area (Å²) in [5.41, 5.74) is 0. The molecule has 0 aromatic heterocycles. The summed E-state index contributed by atoms with van der Waals surface area (Å²) in [6.07, 6.45) is 4.53. The first-order valence-electron chi connectivity index (χ1n) is 3.24. The van der Waals surface area contributed by atoms with Gasteiger partial charge in [-0.05, 0) is 0 Å². The Hall–Kier alpha value is -1.09. The van der Waals surface area contributed by atoms with Crippen LogP contribution in [0.4, 0.5) is 0 Å². The van der Waals surface area contributed by atoms with Crippen molar-refractivity contribution in [2.45, 2.75) is 12.5 Å². The number of ether oxygens (including phenoxy) is 1. The van der Waals surface area contributed by atoms with Crippen LogP contribution in [0.1, 0.15) is 6.42 Å². The van der Waals surface area contributed by atoms with Gasteiger partial charge < -0.3 is 9.84 Å². The van der Waals surface area contributed by atoms with E-state index in [0.717, 1.165) is 0 Å². The summed E-state index contributed by atoms with van der Waals surface area (Å²) in [5, 5.41) is 8.37. The summed E-state index contributed by atoms with van der Waals surface area (Å²) in [6, 6.07) is 0. The van der Waals surface area contributed by atoms with Crippen molar-refractivity contribution < 1.29 is 14.6 Å². The summed E-state index contributed by atoms with van der Waals surface area (Å²) >= 11 is 0. The van der Waals surface area contributed by atoms with Gasteiger partial charge in [0, 0.05) is 7.11 Å². The van der Waals surface area contributed by atoms with Crippen LogP contribution < -0.4 is 0 Å². The standard InChI is InChI=1S/C8H12O3/c1-3-4-5-7(11-2)6-8(9)10/h3-5,7H,1,6H2,2H3,(H,9,10)/b5-4+/t7-/m0/s1. The minimum absolute atomic E-state index is 0.0131. The van der Waals surface area contributed by atoms with Crippen LogP contribution in [0.3, 0.4) is 0 Å². The van der Waals surface area contributed by atoms with Gasteiger partial charge in [0.1, 0.15) is 0 Å². The summed E-state index contributed by atoms with van der Waals surface area (Å²) in [6.45, 7) is 3.46. The zero-order valence-corrected chi connectivity index (χ0v) is 6.49. The van der Waals surface area contributed by atoms with Gasteiger partial charge in [0.25, 0.3) is 0 Å². The van der Waals surface area contributed by atoms with Crippen LogP contribution >= 0.6 is 0 Å². The molecule has 0 fully saturated rings. The molecule has 0 saturated heterocycles. The first-order valence-corrected chi connectivity index (χ1v) is 3.24. The van der Waals surface area contributed by atoms with Gasteiger partial charge in [-0.2, -0.15) is 0 Å². The third-order valence-electron chi connectivity index (χ3n) is 1.14. The summed E-state index contributed by atoms with van der Waals surface area (Å²) in [7, 11) is 1.47. The highest BCUT2D eigenvalue weighted by Gasteiger charge is 2.06. The highest BCUT2D eigenvalue weighted by Crippen LogP contribution is 1.98. The van der Waals surface area contributed by atoms with Crippen LogP contribution in [0.15, 0.2) is 24.8 Å². The van der Waals surface area contributed by atoms with Crippen molar-refractivity contribution in [2.75, 3.05) is 7.11 Å². The number of carboxylic acid groups (broad SMARTS) is 1. The van der Waals surface area contributed by atoms with Gasteiger partial charge in [-0.25, -0.2) is 0 Å². The van der Waals surface area contributed by atoms with E-state index in [0.29, 0.717) is 0 Å². The number of carboxylic acids is 1. The van der Waals surface area contributed by atoms with Crippen molar-refractivity contribution >= 4 is 5.97 Å². The predicted octanol–water partition coefficient (Wildman–Crippen LogP) is 1.22. The highest BCUT2D eigenvalue weighted by atomic mass is 16.5. The number of hydrogen-bond acceptors (Lipinski definition) is 2. The van der Waals surface area contributed by atoms with Crippen molar-refractivity contribution in [3.8, 4) is 0 Å². The third kappa shape index (κ3) is 5.36. The van der Waals surface area contributed by atoms with E-state index in [1.54, 1.807) is 18.2 Å². The maximum absolute atomic E-state index is 10.2. The van der Waals surface area contributed by atoms with Gasteiger partial charge >= 0.3 is 5.97 Å². The fourth-order valence-corrected chi connectivity index (χ4v) is 0.605. The minimum Gasteiger partial charge on any atom is -0.481 e. The molecule has 0 saturated carbocycles. The topological polar surface area (TPSA) is 46.5 Å². The van der Waals surface area contributed by atoms with Crippen LogP contribution in [-0.2, 0) is 9.53 Å². The monoisotopic (exact) mass is 156 g/mol. The van der Waals surface area contributed by atoms with E-state index in [9.17, 15) is 4.79 Å². The van der Waals surface area contributed by atoms with Crippen molar-refractivity contribution in [3.63, 3.8) is 0 Å². The molecule has 1 atom stereocenters. The number of methoxy groups -OCH3 is 1. The lowest BCUT2D eigenvalue weighted by Gasteiger charge is -2.05. The first-order chi connectivity index (χ1) is 5.20. The normalized spacial score (nSPS) is 13.2. The number of aliphatic carboxylic acids is 1. The van der Waals surface area contributed by atoms with Gasteiger partial charge in [-0.15, -0.1) is 0 Å². The molecular weight excluding hydrogens is 144 g/mol. The fourth-order valence-electron chi connectivity index (χ4n) is 0.605. The Morgan fingerprint density at radius 1 is 1.82 bits per heavy atom. The molecule has 0 rings (SSSR count). The van der Waals surface area contributed by atoms with E-state index < -0.39 is 5.97 Å². The zero-order chi connectivity index (χ0) is 8.69. The van der Waals surface area contributed by atoms with Crippen LogP contribution in [0.2, 0.25) is 0 Å². The van der Waals surface area contributed by atoms with E-state index in [4.69, 9.17) is 9.84 Å². The molecule has 0 spiro atoms. The lowest BCUT2D eigenvalue weighted by Crippen LogP contribution is -2.12. The molecule has 0 aromatic carbocycles. The van der Waals surface area contributed by atoms with Gasteiger partial charge in [-0.3, -0.25) is 4.79 Å². The van der Waals surface area contributed by atoms with Crippen LogP contribution in [-0.4, -0.2) is 24.3 Å². The van der Waals surface area contributed by atoms with Crippen molar-refractivity contribution in [1.29, 1.82) is 0 Å². The maximum Gasteiger partial charge on any atom is 0.306 e. The molecule has 0 radical (unpaired) electrons. The Kier molecular flexibility index (Phi) is 5.11. The second-order valence-corrected chi connectivity index (χ2v) is 1.99. The number of hydrogen-bond donors (Lipinski definition) is 1. The van der Waals surface area contributed by atoms with Gasteiger partial charge in [-0.1, -0.05) is 24.8 Å². The Labute approximate surface area is 66.0 Å². The number of carbonyl (C=O) groups is 1. The molecule has 0 aliphatic rings. The predicted molar refractivity (Wildman–Crippen MR) is 42.4 cm³/mol. The van der Waals surface area contributed by atoms with Crippen molar-refractivity contribution in [1.82, 2.24) is 0 Å². The summed E-state index contributed by atoms with van der Waals surface area (Å²) in [5.74, 6) is -0.870. The van der Waals surface area contributed by atoms with Crippen molar-refractivity contribution in [2.24, 2.45) is 0 Å². The molecule has 0 bridgehead atoms. The lowest BCUT2D eigenvalue weighted by molar-refractivity contribution is -0.138. The third-order valence-corrected chi connectivity index (χ3v) is 1.14. The lowest BCUT2D eigenvalue weighted by atomic mass is 10.2. The largest absolute Gasteiger partial charge is 0.481 e. The minimum atomic E-state index is -0.870. The second kappa shape index (κ2) is 5.68. The molecule has 0 amide bonds. The Morgan fingerprint density at radius 2 is 2.45 bits per heavy atom. The maximum atomic E-state index is 10.2. The molecule has 3 nitrogen and oxygen atoms in total. The molecule has 0 unspecified atom stereocenters. The van der Waals surface area contributed by atoms with E-state index >= 15 is 0 Å². The molecular formula is C8H12O3. The van der Waals surface area contributed by atoms with E-state index in [1.807, 2.05) is 0 Å². The van der Waals surface area contributed by atoms with E-state index in [-0.39, 0.29) is 12.5 Å². The molecule has 3 heteroatoms. The Bertz CT molecular complexity index is 161.